The summed E-state index contributed by atoms with van der Waals surface area (Å²) < 4.78 is 31.5. The summed E-state index contributed by atoms with van der Waals surface area (Å²) in [6.07, 6.45) is 1.59. The molecule has 0 heterocycles. The molecule has 10 heteroatoms. The lowest BCUT2D eigenvalue weighted by molar-refractivity contribution is -0.148. The highest BCUT2D eigenvalue weighted by molar-refractivity contribution is 7.89. The summed E-state index contributed by atoms with van der Waals surface area (Å²) >= 11 is 0. The van der Waals surface area contributed by atoms with Gasteiger partial charge in [0.2, 0.25) is 15.9 Å². The van der Waals surface area contributed by atoms with Crippen molar-refractivity contribution in [3.8, 4) is 0 Å². The predicted molar refractivity (Wildman–Crippen MR) is 131 cm³/mol. The zero-order chi connectivity index (χ0) is 25.3. The van der Waals surface area contributed by atoms with E-state index in [2.05, 4.69) is 10.6 Å². The van der Waals surface area contributed by atoms with Crippen LogP contribution in [0.4, 0.5) is 11.4 Å². The number of amides is 2. The van der Waals surface area contributed by atoms with Crippen molar-refractivity contribution in [1.29, 1.82) is 0 Å². The van der Waals surface area contributed by atoms with Crippen LogP contribution in [0, 0.1) is 0 Å². The van der Waals surface area contributed by atoms with Crippen LogP contribution in [0.1, 0.15) is 33.3 Å². The first-order valence-electron chi connectivity index (χ1n) is 10.7. The molecule has 9 nitrogen and oxygen atoms in total. The smallest absolute Gasteiger partial charge is 0.331 e. The summed E-state index contributed by atoms with van der Waals surface area (Å²) in [5.74, 6) is -1.44. The van der Waals surface area contributed by atoms with Crippen molar-refractivity contribution in [1.82, 2.24) is 4.31 Å². The molecule has 0 radical (unpaired) electrons. The molecule has 2 rings (SSSR count). The lowest BCUT2D eigenvalue weighted by Crippen LogP contribution is -2.30. The summed E-state index contributed by atoms with van der Waals surface area (Å²) in [5.41, 5.74) is 1.68. The van der Waals surface area contributed by atoms with Gasteiger partial charge in [-0.05, 0) is 55.0 Å². The van der Waals surface area contributed by atoms with E-state index in [9.17, 15) is 22.8 Å². The van der Waals surface area contributed by atoms with Gasteiger partial charge < -0.3 is 15.4 Å². The van der Waals surface area contributed by atoms with Gasteiger partial charge in [0, 0.05) is 37.5 Å². The fourth-order valence-corrected chi connectivity index (χ4v) is 4.44. The summed E-state index contributed by atoms with van der Waals surface area (Å²) in [5, 5.41) is 5.25. The SMILES string of the molecule is CCN(CC)S(=O)(=O)c1ccc(C=CC(=O)OC(C)C(=O)Nc2ccc(NC(C)=O)cc2)cc1. The molecule has 1 unspecified atom stereocenters. The fraction of sp³-hybridized carbons (Fsp3) is 0.292. The lowest BCUT2D eigenvalue weighted by Gasteiger charge is -2.18. The number of rotatable bonds is 10. The maximum Gasteiger partial charge on any atom is 0.331 e. The molecule has 0 aliphatic heterocycles. The Morgan fingerprint density at radius 1 is 0.941 bits per heavy atom. The fourth-order valence-electron chi connectivity index (χ4n) is 2.98. The van der Waals surface area contributed by atoms with Crippen LogP contribution in [-0.2, 0) is 29.1 Å². The summed E-state index contributed by atoms with van der Waals surface area (Å²) in [6.45, 7) is 7.14. The maximum absolute atomic E-state index is 12.5. The Morgan fingerprint density at radius 2 is 1.47 bits per heavy atom. The molecule has 2 aromatic carbocycles. The van der Waals surface area contributed by atoms with Gasteiger partial charge in [-0.1, -0.05) is 26.0 Å². The van der Waals surface area contributed by atoms with Gasteiger partial charge in [-0.3, -0.25) is 9.59 Å². The molecule has 0 bridgehead atoms. The highest BCUT2D eigenvalue weighted by Gasteiger charge is 2.21. The van der Waals surface area contributed by atoms with Crippen LogP contribution in [0.25, 0.3) is 6.08 Å². The summed E-state index contributed by atoms with van der Waals surface area (Å²) in [7, 11) is -3.55. The topological polar surface area (TPSA) is 122 Å². The van der Waals surface area contributed by atoms with E-state index in [1.807, 2.05) is 0 Å². The molecule has 2 aromatic rings. The second-order valence-electron chi connectivity index (χ2n) is 7.32. The average molecular weight is 488 g/mol. The summed E-state index contributed by atoms with van der Waals surface area (Å²) in [4.78, 5) is 35.6. The molecule has 0 spiro atoms. The number of carbonyl (C=O) groups excluding carboxylic acids is 3. The number of esters is 1. The van der Waals surface area contributed by atoms with Gasteiger partial charge in [0.05, 0.1) is 4.90 Å². The molecular formula is C24H29N3O6S. The maximum atomic E-state index is 12.5. The number of benzene rings is 2. The lowest BCUT2D eigenvalue weighted by atomic mass is 10.2. The van der Waals surface area contributed by atoms with E-state index in [0.717, 1.165) is 0 Å². The molecular weight excluding hydrogens is 458 g/mol. The molecule has 0 aliphatic rings. The number of ether oxygens (including phenoxy) is 1. The molecule has 0 aliphatic carbocycles. The van der Waals surface area contributed by atoms with Gasteiger partial charge in [-0.2, -0.15) is 4.31 Å². The van der Waals surface area contributed by atoms with E-state index in [1.54, 1.807) is 50.2 Å². The highest BCUT2D eigenvalue weighted by Crippen LogP contribution is 2.17. The van der Waals surface area contributed by atoms with Crippen LogP contribution in [0.2, 0.25) is 0 Å². The number of carbonyl (C=O) groups is 3. The molecule has 34 heavy (non-hydrogen) atoms. The molecule has 0 saturated carbocycles. The Morgan fingerprint density at radius 3 is 1.97 bits per heavy atom. The number of nitrogens with one attached hydrogen (secondary N) is 2. The first-order valence-corrected chi connectivity index (χ1v) is 12.2. The van der Waals surface area contributed by atoms with Crippen LogP contribution >= 0.6 is 0 Å². The number of hydrogen-bond donors (Lipinski definition) is 2. The Balaban J connectivity index is 1.92. The first-order chi connectivity index (χ1) is 16.1. The first kappa shape index (κ1) is 26.7. The third-order valence-corrected chi connectivity index (χ3v) is 6.83. The molecule has 182 valence electrons. The number of sulfonamides is 1. The van der Waals surface area contributed by atoms with E-state index in [0.29, 0.717) is 30.0 Å². The van der Waals surface area contributed by atoms with E-state index in [4.69, 9.17) is 4.74 Å². The van der Waals surface area contributed by atoms with Gasteiger partial charge in [0.25, 0.3) is 5.91 Å². The Labute approximate surface area is 199 Å². The normalized spacial score (nSPS) is 12.4. The van der Waals surface area contributed by atoms with E-state index in [-0.39, 0.29) is 10.8 Å². The van der Waals surface area contributed by atoms with Crippen molar-refractivity contribution in [2.75, 3.05) is 23.7 Å². The highest BCUT2D eigenvalue weighted by atomic mass is 32.2. The Hall–Kier alpha value is -3.50. The molecule has 0 saturated heterocycles. The monoisotopic (exact) mass is 487 g/mol. The number of anilines is 2. The quantitative estimate of drug-likeness (QED) is 0.392. The Kier molecular flexibility index (Phi) is 9.52. The summed E-state index contributed by atoms with van der Waals surface area (Å²) in [6, 6.07) is 12.6. The van der Waals surface area contributed by atoms with E-state index in [1.165, 1.54) is 42.4 Å². The van der Waals surface area contributed by atoms with Crippen molar-refractivity contribution in [2.45, 2.75) is 38.7 Å². The van der Waals surface area contributed by atoms with Gasteiger partial charge in [0.1, 0.15) is 0 Å². The van der Waals surface area contributed by atoms with E-state index >= 15 is 0 Å². The second-order valence-corrected chi connectivity index (χ2v) is 9.26. The van der Waals surface area contributed by atoms with E-state index < -0.39 is 28.0 Å². The molecule has 0 aromatic heterocycles. The van der Waals surface area contributed by atoms with Crippen molar-refractivity contribution >= 4 is 45.3 Å². The van der Waals surface area contributed by atoms with Crippen molar-refractivity contribution < 1.29 is 27.5 Å². The third kappa shape index (κ3) is 7.53. The Bertz CT molecular complexity index is 1140. The van der Waals surface area contributed by atoms with Crippen molar-refractivity contribution in [3.05, 3.63) is 60.2 Å². The molecule has 1 atom stereocenters. The van der Waals surface area contributed by atoms with Crippen molar-refractivity contribution in [3.63, 3.8) is 0 Å². The number of hydrogen-bond acceptors (Lipinski definition) is 6. The van der Waals surface area contributed by atoms with Crippen LogP contribution in [0.15, 0.2) is 59.5 Å². The minimum Gasteiger partial charge on any atom is -0.449 e. The largest absolute Gasteiger partial charge is 0.449 e. The van der Waals surface area contributed by atoms with Gasteiger partial charge in [-0.25, -0.2) is 13.2 Å². The average Bonchev–Trinajstić information content (AvgIpc) is 2.79. The second kappa shape index (κ2) is 12.1. The van der Waals surface area contributed by atoms with Crippen LogP contribution in [0.3, 0.4) is 0 Å². The number of nitrogens with zero attached hydrogens (tertiary/aromatic N) is 1. The predicted octanol–water partition coefficient (Wildman–Crippen LogP) is 3.26. The third-order valence-electron chi connectivity index (χ3n) is 4.77. The van der Waals surface area contributed by atoms with Gasteiger partial charge >= 0.3 is 5.97 Å². The minimum atomic E-state index is -3.55. The standard InChI is InChI=1S/C24H29N3O6S/c1-5-27(6-2)34(31,32)22-14-7-19(8-15-22)9-16-23(29)33-17(3)24(30)26-21-12-10-20(11-13-21)25-18(4)28/h7-17H,5-6H2,1-4H3,(H,25,28)(H,26,30). The minimum absolute atomic E-state index is 0.173. The zero-order valence-electron chi connectivity index (χ0n) is 19.6. The van der Waals surface area contributed by atoms with Crippen LogP contribution < -0.4 is 10.6 Å². The molecule has 2 N–H and O–H groups in total. The van der Waals surface area contributed by atoms with Crippen LogP contribution in [-0.4, -0.2) is 49.7 Å². The molecule has 2 amide bonds. The van der Waals surface area contributed by atoms with Crippen LogP contribution in [0.5, 0.6) is 0 Å². The van der Waals surface area contributed by atoms with Gasteiger partial charge in [0.15, 0.2) is 6.10 Å². The van der Waals surface area contributed by atoms with Gasteiger partial charge in [-0.15, -0.1) is 0 Å². The van der Waals surface area contributed by atoms with Crippen molar-refractivity contribution in [2.24, 2.45) is 0 Å². The molecule has 0 fully saturated rings. The zero-order valence-corrected chi connectivity index (χ0v) is 20.4.